The fraction of sp³-hybridized carbons (Fsp3) is 0.450. The Morgan fingerprint density at radius 3 is 2.58 bits per heavy atom. The summed E-state index contributed by atoms with van der Waals surface area (Å²) in [6.07, 6.45) is 7.94. The molecular formula is C20H25N5O. The minimum atomic E-state index is 0.441. The molecule has 1 aliphatic carbocycles. The van der Waals surface area contributed by atoms with Gasteiger partial charge in [-0.05, 0) is 41.0 Å². The molecule has 0 amide bonds. The molecular weight excluding hydrogens is 326 g/mol. The zero-order valence-corrected chi connectivity index (χ0v) is 15.0. The molecule has 6 nitrogen and oxygen atoms in total. The summed E-state index contributed by atoms with van der Waals surface area (Å²) in [4.78, 5) is 2.33. The molecule has 0 radical (unpaired) electrons. The predicted molar refractivity (Wildman–Crippen MR) is 98.0 cm³/mol. The Morgan fingerprint density at radius 2 is 1.81 bits per heavy atom. The van der Waals surface area contributed by atoms with Crippen LogP contribution < -0.4 is 0 Å². The van der Waals surface area contributed by atoms with E-state index in [0.717, 1.165) is 24.7 Å². The molecule has 3 aromatic rings. The van der Waals surface area contributed by atoms with Gasteiger partial charge >= 0.3 is 0 Å². The Hall–Kier alpha value is -2.47. The van der Waals surface area contributed by atoms with E-state index in [1.54, 1.807) is 6.26 Å². The van der Waals surface area contributed by atoms with Gasteiger partial charge in [0.05, 0.1) is 25.4 Å². The second-order valence-corrected chi connectivity index (χ2v) is 7.04. The van der Waals surface area contributed by atoms with Gasteiger partial charge in [-0.2, -0.15) is 0 Å². The Kier molecular flexibility index (Phi) is 5.40. The summed E-state index contributed by atoms with van der Waals surface area (Å²) >= 11 is 0. The van der Waals surface area contributed by atoms with Gasteiger partial charge in [0.2, 0.25) is 0 Å². The molecule has 1 aliphatic rings. The highest BCUT2D eigenvalue weighted by Gasteiger charge is 2.21. The standard InChI is InChI=1S/C20H25N5O/c1-3-8-17(9-4-1)14-24(15-19-12-7-13-26-19)16-20-21-22-23-25(20)18-10-5-2-6-11-18/h1,3-4,7-9,12-13,18H,2,5-6,10-11,14-16H2. The maximum absolute atomic E-state index is 5.57. The van der Waals surface area contributed by atoms with E-state index in [0.29, 0.717) is 12.6 Å². The van der Waals surface area contributed by atoms with Crippen LogP contribution in [-0.4, -0.2) is 25.1 Å². The highest BCUT2D eigenvalue weighted by molar-refractivity contribution is 5.14. The van der Waals surface area contributed by atoms with Gasteiger partial charge in [0.15, 0.2) is 5.82 Å². The van der Waals surface area contributed by atoms with Gasteiger partial charge in [-0.15, -0.1) is 5.10 Å². The summed E-state index contributed by atoms with van der Waals surface area (Å²) in [5.74, 6) is 1.90. The topological polar surface area (TPSA) is 60.0 Å². The monoisotopic (exact) mass is 351 g/mol. The molecule has 1 saturated carbocycles. The van der Waals surface area contributed by atoms with Crippen LogP contribution in [0.3, 0.4) is 0 Å². The number of tetrazole rings is 1. The summed E-state index contributed by atoms with van der Waals surface area (Å²) in [7, 11) is 0. The number of hydrogen-bond donors (Lipinski definition) is 0. The molecule has 0 N–H and O–H groups in total. The van der Waals surface area contributed by atoms with Crippen molar-refractivity contribution < 1.29 is 4.42 Å². The SMILES string of the molecule is c1ccc(CN(Cc2ccco2)Cc2nnnn2C2CCCCC2)cc1. The zero-order chi connectivity index (χ0) is 17.6. The van der Waals surface area contributed by atoms with E-state index in [-0.39, 0.29) is 0 Å². The van der Waals surface area contributed by atoms with Crippen LogP contribution in [0, 0.1) is 0 Å². The first kappa shape index (κ1) is 17.0. The van der Waals surface area contributed by atoms with Crippen LogP contribution >= 0.6 is 0 Å². The van der Waals surface area contributed by atoms with E-state index in [4.69, 9.17) is 4.42 Å². The van der Waals surface area contributed by atoms with Crippen molar-refractivity contribution in [2.24, 2.45) is 0 Å². The third-order valence-electron chi connectivity index (χ3n) is 5.06. The lowest BCUT2D eigenvalue weighted by molar-refractivity contribution is 0.210. The third kappa shape index (κ3) is 4.19. The summed E-state index contributed by atoms with van der Waals surface area (Å²) in [5, 5.41) is 12.6. The molecule has 0 spiro atoms. The van der Waals surface area contributed by atoms with Crippen LogP contribution in [0.4, 0.5) is 0 Å². The quantitative estimate of drug-likeness (QED) is 0.644. The lowest BCUT2D eigenvalue weighted by Gasteiger charge is -2.25. The van der Waals surface area contributed by atoms with Crippen LogP contribution in [0.15, 0.2) is 53.1 Å². The Bertz CT molecular complexity index is 778. The maximum Gasteiger partial charge on any atom is 0.165 e. The van der Waals surface area contributed by atoms with Gasteiger partial charge in [-0.3, -0.25) is 4.90 Å². The average molecular weight is 351 g/mol. The van der Waals surface area contributed by atoms with Crippen molar-refractivity contribution in [2.45, 2.75) is 57.8 Å². The molecule has 1 aromatic carbocycles. The molecule has 136 valence electrons. The molecule has 0 atom stereocenters. The van der Waals surface area contributed by atoms with E-state index < -0.39 is 0 Å². The predicted octanol–water partition coefficient (Wildman–Crippen LogP) is 3.97. The molecule has 26 heavy (non-hydrogen) atoms. The van der Waals surface area contributed by atoms with Crippen molar-refractivity contribution in [3.63, 3.8) is 0 Å². The lowest BCUT2D eigenvalue weighted by atomic mass is 9.95. The largest absolute Gasteiger partial charge is 0.468 e. The minimum Gasteiger partial charge on any atom is -0.468 e. The summed E-state index contributed by atoms with van der Waals surface area (Å²) in [5.41, 5.74) is 1.27. The highest BCUT2D eigenvalue weighted by atomic mass is 16.3. The first-order valence-electron chi connectivity index (χ1n) is 9.44. The van der Waals surface area contributed by atoms with Crippen molar-refractivity contribution in [1.82, 2.24) is 25.1 Å². The lowest BCUT2D eigenvalue weighted by Crippen LogP contribution is -2.26. The zero-order valence-electron chi connectivity index (χ0n) is 15.0. The van der Waals surface area contributed by atoms with Crippen molar-refractivity contribution in [3.8, 4) is 0 Å². The minimum absolute atomic E-state index is 0.441. The molecule has 0 bridgehead atoms. The normalized spacial score (nSPS) is 15.6. The van der Waals surface area contributed by atoms with E-state index >= 15 is 0 Å². The molecule has 6 heteroatoms. The van der Waals surface area contributed by atoms with Crippen LogP contribution in [0.5, 0.6) is 0 Å². The van der Waals surface area contributed by atoms with Crippen LogP contribution in [0.25, 0.3) is 0 Å². The fourth-order valence-corrected chi connectivity index (χ4v) is 3.76. The van der Waals surface area contributed by atoms with Gasteiger partial charge in [0.25, 0.3) is 0 Å². The third-order valence-corrected chi connectivity index (χ3v) is 5.06. The number of hydrogen-bond acceptors (Lipinski definition) is 5. The smallest absolute Gasteiger partial charge is 0.165 e. The van der Waals surface area contributed by atoms with Gasteiger partial charge in [0.1, 0.15) is 5.76 Å². The second kappa shape index (κ2) is 8.27. The van der Waals surface area contributed by atoms with Gasteiger partial charge in [-0.25, -0.2) is 4.68 Å². The molecule has 0 aliphatic heterocycles. The average Bonchev–Trinajstić information content (AvgIpc) is 3.35. The molecule has 4 rings (SSSR count). The van der Waals surface area contributed by atoms with Crippen molar-refractivity contribution >= 4 is 0 Å². The fourth-order valence-electron chi connectivity index (χ4n) is 3.76. The number of aromatic nitrogens is 4. The highest BCUT2D eigenvalue weighted by Crippen LogP contribution is 2.28. The van der Waals surface area contributed by atoms with Crippen LogP contribution in [0.1, 0.15) is 55.3 Å². The van der Waals surface area contributed by atoms with Gasteiger partial charge in [0, 0.05) is 6.54 Å². The van der Waals surface area contributed by atoms with E-state index in [9.17, 15) is 0 Å². The molecule has 2 heterocycles. The molecule has 0 unspecified atom stereocenters. The maximum atomic E-state index is 5.57. The van der Waals surface area contributed by atoms with Crippen LogP contribution in [0.2, 0.25) is 0 Å². The Morgan fingerprint density at radius 1 is 0.962 bits per heavy atom. The Balaban J connectivity index is 1.51. The summed E-state index contributed by atoms with van der Waals surface area (Å²) in [6.45, 7) is 2.28. The van der Waals surface area contributed by atoms with E-state index in [1.807, 2.05) is 18.2 Å². The first-order chi connectivity index (χ1) is 12.9. The number of benzene rings is 1. The molecule has 1 fully saturated rings. The second-order valence-electron chi connectivity index (χ2n) is 7.04. The first-order valence-corrected chi connectivity index (χ1v) is 9.44. The van der Waals surface area contributed by atoms with E-state index in [1.165, 1.54) is 37.7 Å². The number of rotatable bonds is 7. The van der Waals surface area contributed by atoms with Crippen molar-refractivity contribution in [2.75, 3.05) is 0 Å². The summed E-state index contributed by atoms with van der Waals surface area (Å²) in [6, 6.07) is 14.9. The molecule has 0 saturated heterocycles. The number of nitrogens with zero attached hydrogens (tertiary/aromatic N) is 5. The van der Waals surface area contributed by atoms with Crippen molar-refractivity contribution in [1.29, 1.82) is 0 Å². The van der Waals surface area contributed by atoms with Crippen LogP contribution in [-0.2, 0) is 19.6 Å². The van der Waals surface area contributed by atoms with Crippen molar-refractivity contribution in [3.05, 3.63) is 65.9 Å². The van der Waals surface area contributed by atoms with E-state index in [2.05, 4.69) is 49.4 Å². The number of furan rings is 1. The van der Waals surface area contributed by atoms with Gasteiger partial charge < -0.3 is 4.42 Å². The Labute approximate surface area is 153 Å². The molecule has 2 aromatic heterocycles. The van der Waals surface area contributed by atoms with Gasteiger partial charge in [-0.1, -0.05) is 49.6 Å². The summed E-state index contributed by atoms with van der Waals surface area (Å²) < 4.78 is 7.62.